The molecule has 3 aromatic carbocycles. The van der Waals surface area contributed by atoms with Crippen LogP contribution in [0.5, 0.6) is 0 Å². The zero-order valence-electron chi connectivity index (χ0n) is 18.3. The molecule has 1 aliphatic heterocycles. The molecule has 0 aromatic heterocycles. The lowest BCUT2D eigenvalue weighted by molar-refractivity contribution is -0.157. The lowest BCUT2D eigenvalue weighted by atomic mass is 9.82. The first-order valence-corrected chi connectivity index (χ1v) is 10.7. The van der Waals surface area contributed by atoms with E-state index in [0.717, 1.165) is 16.7 Å². The van der Waals surface area contributed by atoms with Crippen molar-refractivity contribution in [3.63, 3.8) is 0 Å². The van der Waals surface area contributed by atoms with Crippen molar-refractivity contribution >= 4 is 11.9 Å². The molecule has 5 heteroatoms. The number of hydrogen-bond acceptors (Lipinski definition) is 5. The first kappa shape index (κ1) is 21.8. The molecule has 0 spiro atoms. The van der Waals surface area contributed by atoms with Gasteiger partial charge in [0.1, 0.15) is 0 Å². The summed E-state index contributed by atoms with van der Waals surface area (Å²) in [5, 5.41) is 0. The van der Waals surface area contributed by atoms with Gasteiger partial charge in [-0.2, -0.15) is 0 Å². The van der Waals surface area contributed by atoms with Crippen molar-refractivity contribution in [2.45, 2.75) is 18.6 Å². The smallest absolute Gasteiger partial charge is 0.311 e. The van der Waals surface area contributed by atoms with Crippen molar-refractivity contribution < 1.29 is 19.1 Å². The molecule has 4 rings (SSSR count). The predicted octanol–water partition coefficient (Wildman–Crippen LogP) is 4.56. The zero-order valence-corrected chi connectivity index (χ0v) is 18.3. The average Bonchev–Trinajstić information content (AvgIpc) is 3.19. The van der Waals surface area contributed by atoms with E-state index in [4.69, 9.17) is 9.47 Å². The molecular weight excluding hydrogens is 402 g/mol. The molecule has 1 aliphatic rings. The summed E-state index contributed by atoms with van der Waals surface area (Å²) >= 11 is 0. The number of hydrogen-bond donors (Lipinski definition) is 0. The summed E-state index contributed by atoms with van der Waals surface area (Å²) in [6, 6.07) is 29.1. The van der Waals surface area contributed by atoms with E-state index in [1.54, 1.807) is 0 Å². The van der Waals surface area contributed by atoms with Gasteiger partial charge >= 0.3 is 11.9 Å². The van der Waals surface area contributed by atoms with E-state index in [0.29, 0.717) is 6.54 Å². The Bertz CT molecular complexity index is 974. The normalized spacial score (nSPS) is 22.9. The third kappa shape index (κ3) is 4.16. The molecule has 3 aromatic rings. The van der Waals surface area contributed by atoms with Gasteiger partial charge in [-0.15, -0.1) is 0 Å². The first-order chi connectivity index (χ1) is 15.7. The van der Waals surface area contributed by atoms with Crippen LogP contribution in [0.15, 0.2) is 91.0 Å². The van der Waals surface area contributed by atoms with Crippen LogP contribution in [0.25, 0.3) is 0 Å². The fraction of sp³-hybridized carbons (Fsp3) is 0.259. The summed E-state index contributed by atoms with van der Waals surface area (Å²) < 4.78 is 10.4. The number of rotatable bonds is 6. The fourth-order valence-corrected chi connectivity index (χ4v) is 4.89. The minimum atomic E-state index is -0.705. The van der Waals surface area contributed by atoms with Crippen molar-refractivity contribution in [2.24, 2.45) is 11.8 Å². The fourth-order valence-electron chi connectivity index (χ4n) is 4.89. The monoisotopic (exact) mass is 429 g/mol. The van der Waals surface area contributed by atoms with Gasteiger partial charge in [0.15, 0.2) is 0 Å². The lowest BCUT2D eigenvalue weighted by Crippen LogP contribution is -2.32. The molecule has 4 atom stereocenters. The van der Waals surface area contributed by atoms with Crippen molar-refractivity contribution in [1.29, 1.82) is 0 Å². The number of esters is 2. The third-order valence-electron chi connectivity index (χ3n) is 6.22. The van der Waals surface area contributed by atoms with Gasteiger partial charge in [-0.05, 0) is 16.7 Å². The quantitative estimate of drug-likeness (QED) is 0.538. The Balaban J connectivity index is 1.92. The van der Waals surface area contributed by atoms with Gasteiger partial charge in [0, 0.05) is 6.54 Å². The second kappa shape index (κ2) is 9.79. The molecule has 0 N–H and O–H groups in total. The Morgan fingerprint density at radius 2 is 1.03 bits per heavy atom. The molecule has 164 valence electrons. The largest absolute Gasteiger partial charge is 0.469 e. The molecule has 32 heavy (non-hydrogen) atoms. The van der Waals surface area contributed by atoms with Crippen LogP contribution >= 0.6 is 0 Å². The highest BCUT2D eigenvalue weighted by Gasteiger charge is 2.57. The third-order valence-corrected chi connectivity index (χ3v) is 6.22. The molecule has 0 saturated carbocycles. The van der Waals surface area contributed by atoms with Crippen LogP contribution in [0.4, 0.5) is 0 Å². The van der Waals surface area contributed by atoms with Gasteiger partial charge in [-0.25, -0.2) is 0 Å². The Kier molecular flexibility index (Phi) is 6.66. The topological polar surface area (TPSA) is 55.8 Å². The van der Waals surface area contributed by atoms with Crippen LogP contribution in [0.3, 0.4) is 0 Å². The van der Waals surface area contributed by atoms with E-state index in [-0.39, 0.29) is 12.1 Å². The van der Waals surface area contributed by atoms with Gasteiger partial charge in [0.25, 0.3) is 0 Å². The Hall–Kier alpha value is -3.44. The van der Waals surface area contributed by atoms with Gasteiger partial charge < -0.3 is 9.47 Å². The van der Waals surface area contributed by atoms with Gasteiger partial charge in [-0.1, -0.05) is 91.0 Å². The Morgan fingerprint density at radius 3 is 1.41 bits per heavy atom. The van der Waals surface area contributed by atoms with E-state index in [9.17, 15) is 9.59 Å². The van der Waals surface area contributed by atoms with E-state index >= 15 is 0 Å². The van der Waals surface area contributed by atoms with Crippen molar-refractivity contribution in [3.05, 3.63) is 108 Å². The maximum Gasteiger partial charge on any atom is 0.311 e. The van der Waals surface area contributed by atoms with Crippen LogP contribution in [0, 0.1) is 11.8 Å². The second-order valence-corrected chi connectivity index (χ2v) is 7.97. The SMILES string of the molecule is COC(=O)[C@@H]1[C@@H](C(=O)OC)[C@H](c2ccccc2)N(Cc2ccccc2)[C@H]1c1ccccc1. The summed E-state index contributed by atoms with van der Waals surface area (Å²) in [6.45, 7) is 0.570. The number of benzene rings is 3. The van der Waals surface area contributed by atoms with Gasteiger partial charge in [0.2, 0.25) is 0 Å². The molecule has 1 heterocycles. The highest BCUT2D eigenvalue weighted by molar-refractivity contribution is 5.84. The Morgan fingerprint density at radius 1 is 0.656 bits per heavy atom. The summed E-state index contributed by atoms with van der Waals surface area (Å²) in [7, 11) is 2.74. The van der Waals surface area contributed by atoms with Crippen LogP contribution in [-0.2, 0) is 25.6 Å². The summed E-state index contributed by atoms with van der Waals surface area (Å²) in [5.41, 5.74) is 3.03. The lowest BCUT2D eigenvalue weighted by Gasteiger charge is -2.32. The van der Waals surface area contributed by atoms with E-state index in [2.05, 4.69) is 17.0 Å². The number of likely N-dealkylation sites (tertiary alicyclic amines) is 1. The second-order valence-electron chi connectivity index (χ2n) is 7.97. The Labute approximate surface area is 188 Å². The van der Waals surface area contributed by atoms with Crippen LogP contribution in [0.2, 0.25) is 0 Å². The number of methoxy groups -OCH3 is 2. The minimum absolute atomic E-state index is 0.349. The molecule has 1 fully saturated rings. The molecule has 5 nitrogen and oxygen atoms in total. The molecular formula is C27H27NO4. The molecule has 0 aliphatic carbocycles. The summed E-state index contributed by atoms with van der Waals surface area (Å²) in [5.74, 6) is -2.23. The van der Waals surface area contributed by atoms with Crippen molar-refractivity contribution in [2.75, 3.05) is 14.2 Å². The highest BCUT2D eigenvalue weighted by atomic mass is 16.5. The van der Waals surface area contributed by atoms with E-state index in [1.165, 1.54) is 14.2 Å². The average molecular weight is 430 g/mol. The summed E-state index contributed by atoms with van der Waals surface area (Å²) in [4.78, 5) is 28.5. The van der Waals surface area contributed by atoms with E-state index < -0.39 is 23.8 Å². The van der Waals surface area contributed by atoms with Gasteiger partial charge in [0.05, 0.1) is 38.1 Å². The molecule has 0 unspecified atom stereocenters. The maximum atomic E-state index is 13.1. The van der Waals surface area contributed by atoms with Crippen LogP contribution in [0.1, 0.15) is 28.8 Å². The molecule has 1 saturated heterocycles. The van der Waals surface area contributed by atoms with E-state index in [1.807, 2.05) is 78.9 Å². The minimum Gasteiger partial charge on any atom is -0.469 e. The van der Waals surface area contributed by atoms with Crippen molar-refractivity contribution in [3.8, 4) is 0 Å². The highest BCUT2D eigenvalue weighted by Crippen LogP contribution is 2.53. The molecule has 0 radical (unpaired) electrons. The predicted molar refractivity (Wildman–Crippen MR) is 121 cm³/mol. The van der Waals surface area contributed by atoms with Gasteiger partial charge in [-0.3, -0.25) is 14.5 Å². The standard InChI is InChI=1S/C27H27NO4/c1-31-26(29)22-23(27(30)32-2)25(21-16-10-5-11-17-21)28(18-19-12-6-3-7-13-19)24(22)20-14-8-4-9-15-20/h3-17,22-25H,18H2,1-2H3/t22-,23-,24+,25+/m1/s1. The molecule has 0 bridgehead atoms. The number of carbonyl (C=O) groups excluding carboxylic acids is 2. The number of ether oxygens (including phenoxy) is 2. The molecule has 0 amide bonds. The number of nitrogens with zero attached hydrogens (tertiary/aromatic N) is 1. The zero-order chi connectivity index (χ0) is 22.5. The van der Waals surface area contributed by atoms with Crippen molar-refractivity contribution in [1.82, 2.24) is 4.90 Å². The summed E-state index contributed by atoms with van der Waals surface area (Å²) in [6.07, 6.45) is 0. The van der Waals surface area contributed by atoms with Crippen LogP contribution in [-0.4, -0.2) is 31.1 Å². The number of carbonyl (C=O) groups is 2. The first-order valence-electron chi connectivity index (χ1n) is 10.7. The van der Waals surface area contributed by atoms with Crippen LogP contribution < -0.4 is 0 Å². The maximum absolute atomic E-state index is 13.1.